The van der Waals surface area contributed by atoms with Crippen molar-refractivity contribution in [2.24, 2.45) is 0 Å². The minimum Gasteiger partial charge on any atom is -0.483 e. The maximum absolute atomic E-state index is 13.4. The number of para-hydroxylation sites is 1. The number of ether oxygens (including phenoxy) is 1. The van der Waals surface area contributed by atoms with Crippen molar-refractivity contribution >= 4 is 11.3 Å². The predicted molar refractivity (Wildman–Crippen MR) is 81.9 cm³/mol. The molecule has 2 aromatic rings. The molecule has 0 amide bonds. The van der Waals surface area contributed by atoms with E-state index in [4.69, 9.17) is 4.74 Å². The number of hydrogen-bond donors (Lipinski definition) is 1. The van der Waals surface area contributed by atoms with Crippen LogP contribution in [0.1, 0.15) is 35.6 Å². The van der Waals surface area contributed by atoms with Crippen molar-refractivity contribution in [2.75, 3.05) is 0 Å². The molecule has 1 aromatic carbocycles. The molecule has 3 rings (SSSR count). The third-order valence-electron chi connectivity index (χ3n) is 3.71. The number of thiazole rings is 1. The fraction of sp³-hybridized carbons (Fsp3) is 0.438. The molecule has 0 radical (unpaired) electrons. The molecule has 5 heteroatoms. The van der Waals surface area contributed by atoms with Gasteiger partial charge in [-0.2, -0.15) is 0 Å². The van der Waals surface area contributed by atoms with E-state index in [9.17, 15) is 4.39 Å². The normalized spacial score (nSPS) is 15.5. The van der Waals surface area contributed by atoms with Gasteiger partial charge in [-0.05, 0) is 25.0 Å². The summed E-state index contributed by atoms with van der Waals surface area (Å²) in [6.45, 7) is 1.18. The van der Waals surface area contributed by atoms with Gasteiger partial charge in [-0.3, -0.25) is 0 Å². The molecule has 112 valence electrons. The van der Waals surface area contributed by atoms with E-state index in [1.165, 1.54) is 36.6 Å². The molecule has 3 nitrogen and oxygen atoms in total. The maximum Gasteiger partial charge on any atom is 0.165 e. The molecule has 0 saturated heterocycles. The lowest BCUT2D eigenvalue weighted by Crippen LogP contribution is -2.24. The zero-order valence-electron chi connectivity index (χ0n) is 11.8. The number of nitrogens with zero attached hydrogens (tertiary/aromatic N) is 1. The van der Waals surface area contributed by atoms with Crippen LogP contribution in [-0.2, 0) is 13.2 Å². The zero-order chi connectivity index (χ0) is 14.5. The van der Waals surface area contributed by atoms with Crippen LogP contribution in [0, 0.1) is 5.82 Å². The number of halogens is 1. The lowest BCUT2D eigenvalue weighted by Gasteiger charge is -2.09. The van der Waals surface area contributed by atoms with Gasteiger partial charge in [0, 0.05) is 23.7 Å². The van der Waals surface area contributed by atoms with Gasteiger partial charge in [0.2, 0.25) is 0 Å². The second-order valence-corrected chi connectivity index (χ2v) is 6.50. The molecule has 1 heterocycles. The summed E-state index contributed by atoms with van der Waals surface area (Å²) in [6, 6.07) is 7.10. The van der Waals surface area contributed by atoms with Crippen molar-refractivity contribution in [2.45, 2.75) is 44.9 Å². The number of hydrogen-bond acceptors (Lipinski definition) is 4. The fourth-order valence-corrected chi connectivity index (χ4v) is 3.36. The largest absolute Gasteiger partial charge is 0.483 e. The highest BCUT2D eigenvalue weighted by Gasteiger charge is 2.14. The molecule has 0 atom stereocenters. The number of aromatic nitrogens is 1. The molecule has 1 fully saturated rings. The monoisotopic (exact) mass is 306 g/mol. The SMILES string of the molecule is Fc1ccccc1OCc1ncc(CNC2CCCC2)s1. The fourth-order valence-electron chi connectivity index (χ4n) is 2.57. The Balaban J connectivity index is 1.49. The van der Waals surface area contributed by atoms with Crippen molar-refractivity contribution in [3.05, 3.63) is 46.2 Å². The van der Waals surface area contributed by atoms with Crippen LogP contribution in [0.4, 0.5) is 4.39 Å². The van der Waals surface area contributed by atoms with Gasteiger partial charge >= 0.3 is 0 Å². The molecular formula is C16H19FN2OS. The summed E-state index contributed by atoms with van der Waals surface area (Å²) in [6.07, 6.45) is 7.11. The van der Waals surface area contributed by atoms with Gasteiger partial charge in [0.15, 0.2) is 11.6 Å². The van der Waals surface area contributed by atoms with E-state index in [0.29, 0.717) is 12.6 Å². The van der Waals surface area contributed by atoms with Crippen molar-refractivity contribution in [1.82, 2.24) is 10.3 Å². The van der Waals surface area contributed by atoms with E-state index in [-0.39, 0.29) is 11.6 Å². The van der Waals surface area contributed by atoms with Crippen molar-refractivity contribution < 1.29 is 9.13 Å². The number of nitrogens with one attached hydrogen (secondary N) is 1. The topological polar surface area (TPSA) is 34.1 Å². The molecule has 21 heavy (non-hydrogen) atoms. The van der Waals surface area contributed by atoms with Crippen LogP contribution < -0.4 is 10.1 Å². The summed E-state index contributed by atoms with van der Waals surface area (Å²) in [5.74, 6) is -0.0597. The highest BCUT2D eigenvalue weighted by Crippen LogP contribution is 2.21. The minimum absolute atomic E-state index is 0.276. The summed E-state index contributed by atoms with van der Waals surface area (Å²) in [7, 11) is 0. The van der Waals surface area contributed by atoms with Crippen LogP contribution in [0.5, 0.6) is 5.75 Å². The third-order valence-corrected chi connectivity index (χ3v) is 4.68. The Morgan fingerprint density at radius 1 is 1.29 bits per heavy atom. The average Bonchev–Trinajstić information content (AvgIpc) is 3.16. The molecule has 1 saturated carbocycles. The van der Waals surface area contributed by atoms with Crippen LogP contribution in [0.15, 0.2) is 30.5 Å². The molecular weight excluding hydrogens is 287 g/mol. The van der Waals surface area contributed by atoms with Crippen LogP contribution >= 0.6 is 11.3 Å². The second-order valence-electron chi connectivity index (χ2n) is 5.30. The predicted octanol–water partition coefficient (Wildman–Crippen LogP) is 3.89. The summed E-state index contributed by atoms with van der Waals surface area (Å²) in [5, 5.41) is 4.44. The first-order valence-electron chi connectivity index (χ1n) is 7.35. The van der Waals surface area contributed by atoms with Gasteiger partial charge in [0.1, 0.15) is 11.6 Å². The Kier molecular flexibility index (Phi) is 4.83. The van der Waals surface area contributed by atoms with Crippen LogP contribution in [0.25, 0.3) is 0 Å². The van der Waals surface area contributed by atoms with Gasteiger partial charge in [-0.15, -0.1) is 11.3 Å². The van der Waals surface area contributed by atoms with E-state index in [2.05, 4.69) is 10.3 Å². The van der Waals surface area contributed by atoms with Gasteiger partial charge in [-0.25, -0.2) is 9.37 Å². The lowest BCUT2D eigenvalue weighted by atomic mass is 10.2. The molecule has 1 aliphatic carbocycles. The lowest BCUT2D eigenvalue weighted by molar-refractivity contribution is 0.290. The second kappa shape index (κ2) is 7.00. The quantitative estimate of drug-likeness (QED) is 0.879. The summed E-state index contributed by atoms with van der Waals surface area (Å²) in [5.41, 5.74) is 0. The van der Waals surface area contributed by atoms with E-state index in [1.807, 2.05) is 6.20 Å². The van der Waals surface area contributed by atoms with Crippen LogP contribution in [-0.4, -0.2) is 11.0 Å². The highest BCUT2D eigenvalue weighted by atomic mass is 32.1. The summed E-state index contributed by atoms with van der Waals surface area (Å²) in [4.78, 5) is 5.54. The first-order valence-corrected chi connectivity index (χ1v) is 8.17. The molecule has 0 spiro atoms. The van der Waals surface area contributed by atoms with E-state index >= 15 is 0 Å². The smallest absolute Gasteiger partial charge is 0.165 e. The Hall–Kier alpha value is -1.46. The molecule has 0 bridgehead atoms. The van der Waals surface area contributed by atoms with Crippen LogP contribution in [0.2, 0.25) is 0 Å². The maximum atomic E-state index is 13.4. The minimum atomic E-state index is -0.336. The molecule has 0 aliphatic heterocycles. The van der Waals surface area contributed by atoms with Gasteiger partial charge in [-0.1, -0.05) is 25.0 Å². The first-order chi connectivity index (χ1) is 10.3. The Morgan fingerprint density at radius 2 is 2.10 bits per heavy atom. The van der Waals surface area contributed by atoms with Crippen molar-refractivity contribution in [1.29, 1.82) is 0 Å². The van der Waals surface area contributed by atoms with Gasteiger partial charge in [0.05, 0.1) is 0 Å². The Morgan fingerprint density at radius 3 is 2.90 bits per heavy atom. The Bertz CT molecular complexity index is 581. The van der Waals surface area contributed by atoms with Gasteiger partial charge < -0.3 is 10.1 Å². The summed E-state index contributed by atoms with van der Waals surface area (Å²) < 4.78 is 18.9. The third kappa shape index (κ3) is 4.02. The molecule has 0 unspecified atom stereocenters. The molecule has 1 aliphatic rings. The van der Waals surface area contributed by atoms with E-state index in [0.717, 1.165) is 11.6 Å². The van der Waals surface area contributed by atoms with Gasteiger partial charge in [0.25, 0.3) is 0 Å². The molecule has 1 N–H and O–H groups in total. The van der Waals surface area contributed by atoms with Crippen molar-refractivity contribution in [3.63, 3.8) is 0 Å². The first kappa shape index (κ1) is 14.5. The zero-order valence-corrected chi connectivity index (χ0v) is 12.7. The average molecular weight is 306 g/mol. The summed E-state index contributed by atoms with van der Waals surface area (Å²) >= 11 is 1.62. The van der Waals surface area contributed by atoms with E-state index in [1.54, 1.807) is 29.5 Å². The standard InChI is InChI=1S/C16H19FN2OS/c17-14-7-3-4-8-15(14)20-11-16-19-10-13(21-16)9-18-12-5-1-2-6-12/h3-4,7-8,10,12,18H,1-2,5-6,9,11H2. The number of benzene rings is 1. The molecule has 1 aromatic heterocycles. The number of rotatable bonds is 6. The highest BCUT2D eigenvalue weighted by molar-refractivity contribution is 7.11. The van der Waals surface area contributed by atoms with Crippen molar-refractivity contribution in [3.8, 4) is 5.75 Å². The van der Waals surface area contributed by atoms with E-state index < -0.39 is 0 Å². The Labute approximate surface area is 128 Å². The van der Waals surface area contributed by atoms with Crippen LogP contribution in [0.3, 0.4) is 0 Å².